The van der Waals surface area contributed by atoms with Gasteiger partial charge in [-0.05, 0) is 31.0 Å². The summed E-state index contributed by atoms with van der Waals surface area (Å²) >= 11 is 0. The number of hydrogen-bond acceptors (Lipinski definition) is 7. The number of aryl methyl sites for hydroxylation is 2. The molecule has 30 heavy (non-hydrogen) atoms. The summed E-state index contributed by atoms with van der Waals surface area (Å²) < 4.78 is 10.2. The Kier molecular flexibility index (Phi) is 5.95. The molecule has 0 saturated heterocycles. The highest BCUT2D eigenvalue weighted by atomic mass is 16.6. The summed E-state index contributed by atoms with van der Waals surface area (Å²) in [6.07, 6.45) is 0. The maximum atomic E-state index is 12.2. The highest BCUT2D eigenvalue weighted by Gasteiger charge is 2.29. The van der Waals surface area contributed by atoms with Gasteiger partial charge in [-0.2, -0.15) is 0 Å². The van der Waals surface area contributed by atoms with Crippen LogP contribution in [-0.4, -0.2) is 42.5 Å². The lowest BCUT2D eigenvalue weighted by Crippen LogP contribution is -2.42. The van der Waals surface area contributed by atoms with E-state index in [9.17, 15) is 24.5 Å². The second kappa shape index (κ2) is 8.60. The van der Waals surface area contributed by atoms with Gasteiger partial charge in [0.05, 0.1) is 10.6 Å². The predicted molar refractivity (Wildman–Crippen MR) is 106 cm³/mol. The molecule has 0 aliphatic carbocycles. The number of ether oxygens (including phenoxy) is 2. The van der Waals surface area contributed by atoms with E-state index in [4.69, 9.17) is 9.47 Å². The van der Waals surface area contributed by atoms with Gasteiger partial charge in [-0.15, -0.1) is 0 Å². The molecule has 0 fully saturated rings. The molecule has 1 N–H and O–H groups in total. The topological polar surface area (TPSA) is 128 Å². The molecule has 2 aromatic carbocycles. The van der Waals surface area contributed by atoms with Crippen LogP contribution in [0.4, 0.5) is 17.1 Å². The van der Waals surface area contributed by atoms with E-state index in [-0.39, 0.29) is 23.7 Å². The van der Waals surface area contributed by atoms with Crippen molar-refractivity contribution in [1.29, 1.82) is 0 Å². The monoisotopic (exact) mass is 413 g/mol. The lowest BCUT2D eigenvalue weighted by molar-refractivity contribution is -0.384. The number of nitrogens with zero attached hydrogens (tertiary/aromatic N) is 2. The molecule has 0 radical (unpaired) electrons. The van der Waals surface area contributed by atoms with E-state index in [0.29, 0.717) is 5.69 Å². The van der Waals surface area contributed by atoms with Gasteiger partial charge in [-0.25, -0.2) is 0 Å². The second-order valence-electron chi connectivity index (χ2n) is 6.65. The maximum Gasteiger partial charge on any atom is 0.326 e. The van der Waals surface area contributed by atoms with E-state index in [1.165, 1.54) is 12.1 Å². The number of anilines is 2. The van der Waals surface area contributed by atoms with Gasteiger partial charge in [0.1, 0.15) is 12.3 Å². The Morgan fingerprint density at radius 1 is 1.23 bits per heavy atom. The van der Waals surface area contributed by atoms with Crippen molar-refractivity contribution < 1.29 is 28.8 Å². The van der Waals surface area contributed by atoms with Gasteiger partial charge in [-0.3, -0.25) is 29.4 Å². The molecule has 1 aliphatic rings. The maximum absolute atomic E-state index is 12.2. The standard InChI is InChI=1S/C20H19N3O7/c1-12-4-3-5-13(2)20(12)21-17(24)10-30-19(26)9-22-15-8-14(23(27)28)6-7-16(15)29-11-18(22)25/h3-8H,9-11H2,1-2H3,(H,21,24). The minimum absolute atomic E-state index is 0.0948. The number of nitro benzene ring substituents is 1. The van der Waals surface area contributed by atoms with Gasteiger partial charge in [0.15, 0.2) is 13.2 Å². The Labute approximate surface area is 171 Å². The molecule has 156 valence electrons. The summed E-state index contributed by atoms with van der Waals surface area (Å²) in [5.41, 5.74) is 2.22. The van der Waals surface area contributed by atoms with Crippen molar-refractivity contribution in [3.05, 3.63) is 57.6 Å². The van der Waals surface area contributed by atoms with Crippen LogP contribution < -0.4 is 15.0 Å². The molecular weight excluding hydrogens is 394 g/mol. The first kappa shape index (κ1) is 20.8. The fraction of sp³-hybridized carbons (Fsp3) is 0.250. The number of esters is 1. The van der Waals surface area contributed by atoms with Crippen molar-refractivity contribution in [3.63, 3.8) is 0 Å². The largest absolute Gasteiger partial charge is 0.482 e. The molecule has 0 aromatic heterocycles. The van der Waals surface area contributed by atoms with E-state index in [1.807, 2.05) is 32.0 Å². The van der Waals surface area contributed by atoms with E-state index < -0.39 is 35.9 Å². The molecule has 3 rings (SSSR count). The SMILES string of the molecule is Cc1cccc(C)c1NC(=O)COC(=O)CN1C(=O)COc2ccc([N+](=O)[O-])cc21. The lowest BCUT2D eigenvalue weighted by Gasteiger charge is -2.28. The van der Waals surface area contributed by atoms with E-state index in [0.717, 1.165) is 22.1 Å². The van der Waals surface area contributed by atoms with Crippen LogP contribution in [0.15, 0.2) is 36.4 Å². The molecule has 10 nitrogen and oxygen atoms in total. The molecular formula is C20H19N3O7. The molecule has 0 unspecified atom stereocenters. The van der Waals surface area contributed by atoms with Crippen LogP contribution in [0.2, 0.25) is 0 Å². The number of rotatable bonds is 6. The van der Waals surface area contributed by atoms with Crippen LogP contribution in [-0.2, 0) is 19.1 Å². The van der Waals surface area contributed by atoms with Crippen LogP contribution in [0.1, 0.15) is 11.1 Å². The van der Waals surface area contributed by atoms with Crippen LogP contribution in [0, 0.1) is 24.0 Å². The lowest BCUT2D eigenvalue weighted by atomic mass is 10.1. The van der Waals surface area contributed by atoms with Crippen LogP contribution in [0.3, 0.4) is 0 Å². The van der Waals surface area contributed by atoms with Gasteiger partial charge in [0, 0.05) is 17.8 Å². The zero-order valence-electron chi connectivity index (χ0n) is 16.3. The highest BCUT2D eigenvalue weighted by Crippen LogP contribution is 2.35. The average Bonchev–Trinajstić information content (AvgIpc) is 2.71. The van der Waals surface area contributed by atoms with Gasteiger partial charge in [-0.1, -0.05) is 18.2 Å². The molecule has 10 heteroatoms. The minimum atomic E-state index is -0.834. The third kappa shape index (κ3) is 4.54. The number of amides is 2. The Balaban J connectivity index is 1.64. The van der Waals surface area contributed by atoms with E-state index in [1.54, 1.807) is 0 Å². The molecule has 0 bridgehead atoms. The zero-order valence-corrected chi connectivity index (χ0v) is 16.3. The Bertz CT molecular complexity index is 1010. The summed E-state index contributed by atoms with van der Waals surface area (Å²) in [7, 11) is 0. The Morgan fingerprint density at radius 3 is 2.60 bits per heavy atom. The summed E-state index contributed by atoms with van der Waals surface area (Å²) in [5.74, 6) is -1.68. The van der Waals surface area contributed by atoms with Gasteiger partial charge in [0.25, 0.3) is 17.5 Å². The van der Waals surface area contributed by atoms with E-state index in [2.05, 4.69) is 5.32 Å². The Hall–Kier alpha value is -3.95. The normalized spacial score (nSPS) is 12.6. The number of carbonyl (C=O) groups excluding carboxylic acids is 3. The predicted octanol–water partition coefficient (Wildman–Crippen LogP) is 2.12. The first-order chi connectivity index (χ1) is 14.3. The molecule has 2 aromatic rings. The molecule has 0 spiro atoms. The third-order valence-electron chi connectivity index (χ3n) is 4.49. The van der Waals surface area contributed by atoms with Crippen LogP contribution in [0.5, 0.6) is 5.75 Å². The number of hydrogen-bond donors (Lipinski definition) is 1. The summed E-state index contributed by atoms with van der Waals surface area (Å²) in [6, 6.07) is 9.29. The third-order valence-corrected chi connectivity index (χ3v) is 4.49. The molecule has 1 heterocycles. The number of nitrogens with one attached hydrogen (secondary N) is 1. The smallest absolute Gasteiger partial charge is 0.326 e. The van der Waals surface area contributed by atoms with Crippen molar-refractivity contribution in [2.24, 2.45) is 0 Å². The minimum Gasteiger partial charge on any atom is -0.482 e. The van der Waals surface area contributed by atoms with Gasteiger partial charge < -0.3 is 14.8 Å². The fourth-order valence-corrected chi connectivity index (χ4v) is 2.99. The second-order valence-corrected chi connectivity index (χ2v) is 6.65. The number of benzene rings is 2. The molecule has 2 amide bonds. The number of para-hydroxylation sites is 1. The highest BCUT2D eigenvalue weighted by molar-refractivity contribution is 6.02. The zero-order chi connectivity index (χ0) is 21.8. The fourth-order valence-electron chi connectivity index (χ4n) is 2.99. The van der Waals surface area contributed by atoms with Gasteiger partial charge in [0.2, 0.25) is 0 Å². The molecule has 0 atom stereocenters. The Morgan fingerprint density at radius 2 is 1.93 bits per heavy atom. The molecule has 1 aliphatic heterocycles. The van der Waals surface area contributed by atoms with Crippen molar-refractivity contribution in [3.8, 4) is 5.75 Å². The summed E-state index contributed by atoms with van der Waals surface area (Å²) in [5, 5.41) is 13.7. The average molecular weight is 413 g/mol. The first-order valence-corrected chi connectivity index (χ1v) is 8.99. The number of non-ortho nitro benzene ring substituents is 1. The molecule has 0 saturated carbocycles. The van der Waals surface area contributed by atoms with Crippen molar-refractivity contribution >= 4 is 34.8 Å². The van der Waals surface area contributed by atoms with E-state index >= 15 is 0 Å². The first-order valence-electron chi connectivity index (χ1n) is 8.99. The van der Waals surface area contributed by atoms with Crippen LogP contribution in [0.25, 0.3) is 0 Å². The quantitative estimate of drug-likeness (QED) is 0.436. The number of carbonyl (C=O) groups is 3. The number of fused-ring (bicyclic) bond motifs is 1. The van der Waals surface area contributed by atoms with Gasteiger partial charge >= 0.3 is 5.97 Å². The summed E-state index contributed by atoms with van der Waals surface area (Å²) in [6.45, 7) is 2.33. The van der Waals surface area contributed by atoms with Crippen molar-refractivity contribution in [2.75, 3.05) is 30.0 Å². The summed E-state index contributed by atoms with van der Waals surface area (Å²) in [4.78, 5) is 47.9. The van der Waals surface area contributed by atoms with Crippen molar-refractivity contribution in [2.45, 2.75) is 13.8 Å². The number of nitro groups is 1. The van der Waals surface area contributed by atoms with Crippen molar-refractivity contribution in [1.82, 2.24) is 0 Å². The van der Waals surface area contributed by atoms with Crippen LogP contribution >= 0.6 is 0 Å².